The van der Waals surface area contributed by atoms with Crippen LogP contribution in [0.3, 0.4) is 0 Å². The molecule has 2 aromatic heterocycles. The fourth-order valence-electron chi connectivity index (χ4n) is 3.84. The van der Waals surface area contributed by atoms with Crippen molar-refractivity contribution in [3.05, 3.63) is 48.2 Å². The van der Waals surface area contributed by atoms with Crippen molar-refractivity contribution >= 4 is 33.1 Å². The minimum atomic E-state index is -4.19. The number of rotatable bonds is 5. The molecule has 0 aliphatic carbocycles. The minimum absolute atomic E-state index is 0.0475. The average molecular weight is 430 g/mol. The van der Waals surface area contributed by atoms with Gasteiger partial charge in [-0.2, -0.15) is 8.42 Å². The van der Waals surface area contributed by atoms with Crippen LogP contribution in [0.25, 0.3) is 5.57 Å². The molecule has 3 heterocycles. The minimum Gasteiger partial charge on any atom is -0.384 e. The van der Waals surface area contributed by atoms with Gasteiger partial charge in [-0.3, -0.25) is 4.79 Å². The molecule has 1 aliphatic rings. The second-order valence-corrected chi connectivity index (χ2v) is 10.0. The van der Waals surface area contributed by atoms with Crippen LogP contribution in [0.1, 0.15) is 50.2 Å². The van der Waals surface area contributed by atoms with Gasteiger partial charge in [0.05, 0.1) is 11.3 Å². The Morgan fingerprint density at radius 3 is 2.53 bits per heavy atom. The molecule has 2 aromatic rings. The number of carbonyl (C=O) groups is 1. The van der Waals surface area contributed by atoms with Crippen molar-refractivity contribution in [2.75, 3.05) is 17.2 Å². The molecule has 3 N–H and O–H groups in total. The van der Waals surface area contributed by atoms with Crippen LogP contribution < -0.4 is 15.4 Å². The number of hydrogen-bond acceptors (Lipinski definition) is 7. The molecule has 30 heavy (non-hydrogen) atoms. The van der Waals surface area contributed by atoms with Crippen LogP contribution in [0.5, 0.6) is 0 Å². The van der Waals surface area contributed by atoms with Gasteiger partial charge < -0.3 is 10.6 Å². The molecule has 0 radical (unpaired) electrons. The summed E-state index contributed by atoms with van der Waals surface area (Å²) in [5.74, 6) is 0.126. The van der Waals surface area contributed by atoms with E-state index in [1.807, 2.05) is 6.92 Å². The summed E-state index contributed by atoms with van der Waals surface area (Å²) in [5.41, 5.74) is 6.93. The number of nitrogens with two attached hydrogens (primary N) is 1. The van der Waals surface area contributed by atoms with E-state index in [2.05, 4.69) is 46.9 Å². The summed E-state index contributed by atoms with van der Waals surface area (Å²) in [5, 5.41) is -0.320. The van der Waals surface area contributed by atoms with E-state index in [1.165, 1.54) is 18.2 Å². The van der Waals surface area contributed by atoms with E-state index in [9.17, 15) is 13.2 Å². The van der Waals surface area contributed by atoms with Crippen LogP contribution >= 0.6 is 0 Å². The second kappa shape index (κ2) is 7.71. The lowest BCUT2D eigenvalue weighted by Gasteiger charge is -2.34. The molecular weight excluding hydrogens is 402 g/mol. The molecule has 0 saturated carbocycles. The van der Waals surface area contributed by atoms with Crippen LogP contribution in [-0.2, 0) is 10.0 Å². The molecule has 160 valence electrons. The Morgan fingerprint density at radius 2 is 1.97 bits per heavy atom. The standard InChI is InChI=1S/C21H27N5O3S/c1-13(2)16-10-9-15(19(23-16)26-12-14(3)11-21(26,4)5)20(27)25-30(28,29)18-8-6-7-17(22)24-18/h6-10,14H,1,11-12H2,2-5H3,(H2,22,24)(H,25,27)/t14-/m0/s1. The number of sulfonamides is 1. The number of pyridine rings is 2. The topological polar surface area (TPSA) is 118 Å². The zero-order valence-electron chi connectivity index (χ0n) is 17.6. The van der Waals surface area contributed by atoms with Crippen molar-refractivity contribution in [3.8, 4) is 0 Å². The zero-order valence-corrected chi connectivity index (χ0v) is 18.5. The number of nitrogens with one attached hydrogen (secondary N) is 1. The Morgan fingerprint density at radius 1 is 1.27 bits per heavy atom. The second-order valence-electron chi connectivity index (χ2n) is 8.42. The molecule has 1 saturated heterocycles. The number of nitrogens with zero attached hydrogens (tertiary/aromatic N) is 3. The van der Waals surface area contributed by atoms with Crippen molar-refractivity contribution < 1.29 is 13.2 Å². The lowest BCUT2D eigenvalue weighted by atomic mass is 9.97. The predicted octanol–water partition coefficient (Wildman–Crippen LogP) is 2.84. The van der Waals surface area contributed by atoms with Crippen molar-refractivity contribution in [3.63, 3.8) is 0 Å². The van der Waals surface area contributed by atoms with Gasteiger partial charge in [0, 0.05) is 12.1 Å². The molecule has 0 spiro atoms. The van der Waals surface area contributed by atoms with Crippen molar-refractivity contribution in [2.45, 2.75) is 44.7 Å². The highest BCUT2D eigenvalue weighted by atomic mass is 32.2. The average Bonchev–Trinajstić information content (AvgIpc) is 2.92. The van der Waals surface area contributed by atoms with Crippen LogP contribution in [-0.4, -0.2) is 36.4 Å². The van der Waals surface area contributed by atoms with E-state index in [-0.39, 0.29) is 21.9 Å². The molecule has 3 rings (SSSR count). The Kier molecular flexibility index (Phi) is 5.60. The van der Waals surface area contributed by atoms with E-state index in [1.54, 1.807) is 12.1 Å². The van der Waals surface area contributed by atoms with Crippen molar-refractivity contribution in [2.24, 2.45) is 5.92 Å². The smallest absolute Gasteiger partial charge is 0.281 e. The summed E-state index contributed by atoms with van der Waals surface area (Å²) < 4.78 is 27.4. The van der Waals surface area contributed by atoms with Gasteiger partial charge >= 0.3 is 0 Å². The monoisotopic (exact) mass is 429 g/mol. The molecule has 1 fully saturated rings. The molecule has 1 atom stereocenters. The van der Waals surface area contributed by atoms with Gasteiger partial charge in [0.25, 0.3) is 15.9 Å². The maximum Gasteiger partial charge on any atom is 0.281 e. The predicted molar refractivity (Wildman–Crippen MR) is 117 cm³/mol. The highest BCUT2D eigenvalue weighted by Crippen LogP contribution is 2.37. The Balaban J connectivity index is 2.03. The Labute approximate surface area is 177 Å². The number of aromatic nitrogens is 2. The molecule has 0 bridgehead atoms. The molecule has 1 amide bonds. The maximum absolute atomic E-state index is 13.0. The summed E-state index contributed by atoms with van der Waals surface area (Å²) in [6.07, 6.45) is 0.929. The Bertz CT molecular complexity index is 1110. The lowest BCUT2D eigenvalue weighted by Crippen LogP contribution is -2.41. The quantitative estimate of drug-likeness (QED) is 0.750. The molecule has 8 nitrogen and oxygen atoms in total. The number of allylic oxidation sites excluding steroid dienone is 1. The first kappa shape index (κ1) is 21.8. The molecule has 0 unspecified atom stereocenters. The normalized spacial score (nSPS) is 18.3. The van der Waals surface area contributed by atoms with E-state index in [4.69, 9.17) is 5.73 Å². The maximum atomic E-state index is 13.0. The van der Waals surface area contributed by atoms with Gasteiger partial charge in [0.15, 0.2) is 5.03 Å². The first-order valence-corrected chi connectivity index (χ1v) is 11.1. The van der Waals surface area contributed by atoms with Gasteiger partial charge in [-0.25, -0.2) is 14.7 Å². The van der Waals surface area contributed by atoms with E-state index >= 15 is 0 Å². The number of anilines is 2. The SMILES string of the molecule is C=C(C)c1ccc(C(=O)NS(=O)(=O)c2cccc(N)n2)c(N2C[C@@H](C)CC2(C)C)n1. The van der Waals surface area contributed by atoms with Gasteiger partial charge in [-0.1, -0.05) is 19.6 Å². The summed E-state index contributed by atoms with van der Waals surface area (Å²) in [7, 11) is -4.19. The van der Waals surface area contributed by atoms with Crippen LogP contribution in [0, 0.1) is 5.92 Å². The summed E-state index contributed by atoms with van der Waals surface area (Å²) in [6.45, 7) is 12.8. The van der Waals surface area contributed by atoms with E-state index in [0.29, 0.717) is 24.0 Å². The third-order valence-electron chi connectivity index (χ3n) is 5.13. The zero-order chi connectivity index (χ0) is 22.3. The van der Waals surface area contributed by atoms with Gasteiger partial charge in [-0.15, -0.1) is 0 Å². The van der Waals surface area contributed by atoms with E-state index < -0.39 is 15.9 Å². The number of hydrogen-bond donors (Lipinski definition) is 2. The number of amides is 1. The van der Waals surface area contributed by atoms with Crippen LogP contribution in [0.15, 0.2) is 41.9 Å². The summed E-state index contributed by atoms with van der Waals surface area (Å²) >= 11 is 0. The fourth-order valence-corrected chi connectivity index (χ4v) is 4.78. The van der Waals surface area contributed by atoms with Gasteiger partial charge in [-0.05, 0) is 62.9 Å². The largest absolute Gasteiger partial charge is 0.384 e. The number of nitrogen functional groups attached to an aromatic ring is 1. The number of carbonyl (C=O) groups excluding carboxylic acids is 1. The first-order chi connectivity index (χ1) is 13.9. The van der Waals surface area contributed by atoms with Gasteiger partial charge in [0.2, 0.25) is 0 Å². The summed E-state index contributed by atoms with van der Waals surface area (Å²) in [6, 6.07) is 7.46. The Hall–Kier alpha value is -2.94. The highest BCUT2D eigenvalue weighted by molar-refractivity contribution is 7.90. The van der Waals surface area contributed by atoms with Crippen LogP contribution in [0.4, 0.5) is 11.6 Å². The van der Waals surface area contributed by atoms with Crippen molar-refractivity contribution in [1.82, 2.24) is 14.7 Å². The molecule has 1 aliphatic heterocycles. The summed E-state index contributed by atoms with van der Waals surface area (Å²) in [4.78, 5) is 23.5. The molecule has 0 aromatic carbocycles. The van der Waals surface area contributed by atoms with E-state index in [0.717, 1.165) is 12.0 Å². The third kappa shape index (κ3) is 4.30. The molecule has 9 heteroatoms. The lowest BCUT2D eigenvalue weighted by molar-refractivity contribution is 0.0981. The van der Waals surface area contributed by atoms with Gasteiger partial charge in [0.1, 0.15) is 11.6 Å². The highest BCUT2D eigenvalue weighted by Gasteiger charge is 2.39. The first-order valence-electron chi connectivity index (χ1n) is 9.65. The van der Waals surface area contributed by atoms with Crippen molar-refractivity contribution in [1.29, 1.82) is 0 Å². The molecular formula is C21H27N5O3S. The third-order valence-corrected chi connectivity index (χ3v) is 6.37. The fraction of sp³-hybridized carbons (Fsp3) is 0.381. The van der Waals surface area contributed by atoms with Crippen LogP contribution in [0.2, 0.25) is 0 Å².